The van der Waals surface area contributed by atoms with Crippen LogP contribution in [-0.2, 0) is 9.59 Å². The standard InChI is InChI=1S/C14H26N2O3.ClH/c1-3-9(2)12(15)13(17)16-8-10-4-6-11(7-5-10)14(18)19;/h9-12H,3-8,15H2,1-2H3,(H,16,17)(H,18,19);1H/t9-,10?,11?,12-;/m0./s1. The quantitative estimate of drug-likeness (QED) is 0.697. The van der Waals surface area contributed by atoms with Crippen LogP contribution in [0.1, 0.15) is 46.0 Å². The Labute approximate surface area is 127 Å². The maximum Gasteiger partial charge on any atom is 0.306 e. The molecule has 1 aliphatic carbocycles. The Balaban J connectivity index is 0.00000361. The van der Waals surface area contributed by atoms with Crippen molar-refractivity contribution < 1.29 is 14.7 Å². The Bertz CT molecular complexity index is 318. The van der Waals surface area contributed by atoms with Gasteiger partial charge in [-0.2, -0.15) is 0 Å². The second-order valence-corrected chi connectivity index (χ2v) is 5.71. The Hall–Kier alpha value is -0.810. The summed E-state index contributed by atoms with van der Waals surface area (Å²) in [6.07, 6.45) is 4.06. The van der Waals surface area contributed by atoms with Gasteiger partial charge in [-0.15, -0.1) is 12.4 Å². The number of carbonyl (C=O) groups is 2. The summed E-state index contributed by atoms with van der Waals surface area (Å²) in [7, 11) is 0. The summed E-state index contributed by atoms with van der Waals surface area (Å²) < 4.78 is 0. The molecule has 0 spiro atoms. The van der Waals surface area contributed by atoms with Crippen molar-refractivity contribution in [1.29, 1.82) is 0 Å². The van der Waals surface area contributed by atoms with Gasteiger partial charge in [-0.3, -0.25) is 9.59 Å². The van der Waals surface area contributed by atoms with Crippen LogP contribution in [0.4, 0.5) is 0 Å². The van der Waals surface area contributed by atoms with Crippen molar-refractivity contribution in [3.8, 4) is 0 Å². The van der Waals surface area contributed by atoms with E-state index in [1.54, 1.807) is 0 Å². The second-order valence-electron chi connectivity index (χ2n) is 5.71. The number of carbonyl (C=O) groups excluding carboxylic acids is 1. The van der Waals surface area contributed by atoms with Crippen LogP contribution in [0.15, 0.2) is 0 Å². The van der Waals surface area contributed by atoms with Crippen LogP contribution in [0.5, 0.6) is 0 Å². The maximum atomic E-state index is 11.8. The van der Waals surface area contributed by atoms with E-state index in [-0.39, 0.29) is 30.2 Å². The number of nitrogens with one attached hydrogen (secondary N) is 1. The zero-order chi connectivity index (χ0) is 14.4. The summed E-state index contributed by atoms with van der Waals surface area (Å²) in [5.74, 6) is -0.406. The predicted octanol–water partition coefficient (Wildman–Crippen LogP) is 1.79. The number of hydrogen-bond donors (Lipinski definition) is 3. The Morgan fingerprint density at radius 2 is 1.85 bits per heavy atom. The van der Waals surface area contributed by atoms with Gasteiger partial charge in [0.05, 0.1) is 12.0 Å². The summed E-state index contributed by atoms with van der Waals surface area (Å²) in [5, 5.41) is 11.8. The number of halogens is 1. The molecule has 4 N–H and O–H groups in total. The van der Waals surface area contributed by atoms with E-state index in [1.807, 2.05) is 13.8 Å². The minimum Gasteiger partial charge on any atom is -0.481 e. The van der Waals surface area contributed by atoms with E-state index < -0.39 is 12.0 Å². The maximum absolute atomic E-state index is 11.8. The summed E-state index contributed by atoms with van der Waals surface area (Å²) in [5.41, 5.74) is 5.86. The SMILES string of the molecule is CC[C@H](C)[C@H](N)C(=O)NCC1CCC(C(=O)O)CC1.Cl. The van der Waals surface area contributed by atoms with E-state index in [0.717, 1.165) is 19.3 Å². The highest BCUT2D eigenvalue weighted by molar-refractivity contribution is 5.85. The fourth-order valence-corrected chi connectivity index (χ4v) is 2.49. The van der Waals surface area contributed by atoms with Crippen LogP contribution in [0, 0.1) is 17.8 Å². The molecule has 0 saturated heterocycles. The molecule has 0 heterocycles. The molecule has 6 heteroatoms. The first kappa shape index (κ1) is 19.2. The zero-order valence-corrected chi connectivity index (χ0v) is 13.1. The van der Waals surface area contributed by atoms with Gasteiger partial charge in [0.2, 0.25) is 5.91 Å². The Morgan fingerprint density at radius 3 is 2.30 bits per heavy atom. The summed E-state index contributed by atoms with van der Waals surface area (Å²) in [6.45, 7) is 4.61. The summed E-state index contributed by atoms with van der Waals surface area (Å²) in [4.78, 5) is 22.7. The third-order valence-corrected chi connectivity index (χ3v) is 4.32. The van der Waals surface area contributed by atoms with E-state index in [4.69, 9.17) is 10.8 Å². The lowest BCUT2D eigenvalue weighted by molar-refractivity contribution is -0.143. The number of carboxylic acids is 1. The average Bonchev–Trinajstić information content (AvgIpc) is 2.43. The molecule has 2 atom stereocenters. The van der Waals surface area contributed by atoms with Gasteiger partial charge in [0.25, 0.3) is 0 Å². The molecule has 1 rings (SSSR count). The molecule has 0 unspecified atom stereocenters. The number of nitrogens with two attached hydrogens (primary N) is 1. The molecule has 5 nitrogen and oxygen atoms in total. The number of aliphatic carboxylic acids is 1. The van der Waals surface area contributed by atoms with Crippen molar-refractivity contribution in [2.75, 3.05) is 6.54 Å². The molecule has 0 aromatic heterocycles. The molecule has 0 bridgehead atoms. The lowest BCUT2D eigenvalue weighted by atomic mass is 9.82. The van der Waals surface area contributed by atoms with Crippen LogP contribution < -0.4 is 11.1 Å². The van der Waals surface area contributed by atoms with Crippen molar-refractivity contribution in [3.05, 3.63) is 0 Å². The van der Waals surface area contributed by atoms with E-state index in [1.165, 1.54) is 0 Å². The Morgan fingerprint density at radius 1 is 1.30 bits per heavy atom. The summed E-state index contributed by atoms with van der Waals surface area (Å²) in [6, 6.07) is -0.444. The van der Waals surface area contributed by atoms with Gasteiger partial charge in [0, 0.05) is 6.54 Å². The van der Waals surface area contributed by atoms with Crippen molar-refractivity contribution in [2.24, 2.45) is 23.5 Å². The number of hydrogen-bond acceptors (Lipinski definition) is 3. The van der Waals surface area contributed by atoms with Gasteiger partial charge in [0.1, 0.15) is 0 Å². The van der Waals surface area contributed by atoms with Gasteiger partial charge in [-0.1, -0.05) is 20.3 Å². The molecule has 1 saturated carbocycles. The molecular weight excluding hydrogens is 280 g/mol. The normalized spacial score (nSPS) is 25.1. The molecule has 0 radical (unpaired) electrons. The van der Waals surface area contributed by atoms with Gasteiger partial charge < -0.3 is 16.2 Å². The monoisotopic (exact) mass is 306 g/mol. The first-order valence-corrected chi connectivity index (χ1v) is 7.21. The molecule has 20 heavy (non-hydrogen) atoms. The summed E-state index contributed by atoms with van der Waals surface area (Å²) >= 11 is 0. The smallest absolute Gasteiger partial charge is 0.306 e. The number of amides is 1. The third-order valence-electron chi connectivity index (χ3n) is 4.32. The van der Waals surface area contributed by atoms with Gasteiger partial charge in [0.15, 0.2) is 0 Å². The van der Waals surface area contributed by atoms with Crippen LogP contribution >= 0.6 is 12.4 Å². The molecule has 1 amide bonds. The first-order chi connectivity index (χ1) is 8.95. The van der Waals surface area contributed by atoms with Gasteiger partial charge in [-0.05, 0) is 37.5 Å². The molecule has 1 aliphatic rings. The number of carboxylic acid groups (broad SMARTS) is 1. The highest BCUT2D eigenvalue weighted by Crippen LogP contribution is 2.28. The highest BCUT2D eigenvalue weighted by atomic mass is 35.5. The van der Waals surface area contributed by atoms with Crippen LogP contribution in [0.25, 0.3) is 0 Å². The molecular formula is C14H27ClN2O3. The molecule has 118 valence electrons. The molecule has 0 aromatic rings. The topological polar surface area (TPSA) is 92.4 Å². The van der Waals surface area contributed by atoms with Crippen LogP contribution in [0.3, 0.4) is 0 Å². The minimum atomic E-state index is -0.693. The van der Waals surface area contributed by atoms with Gasteiger partial charge >= 0.3 is 5.97 Å². The van der Waals surface area contributed by atoms with E-state index in [2.05, 4.69) is 5.32 Å². The predicted molar refractivity (Wildman–Crippen MR) is 80.8 cm³/mol. The van der Waals surface area contributed by atoms with Crippen LogP contribution in [0.2, 0.25) is 0 Å². The lowest BCUT2D eigenvalue weighted by Gasteiger charge is -2.27. The van der Waals surface area contributed by atoms with Crippen molar-refractivity contribution >= 4 is 24.3 Å². The highest BCUT2D eigenvalue weighted by Gasteiger charge is 2.27. The minimum absolute atomic E-state index is 0. The number of rotatable bonds is 6. The second kappa shape index (κ2) is 9.19. The van der Waals surface area contributed by atoms with Gasteiger partial charge in [-0.25, -0.2) is 0 Å². The first-order valence-electron chi connectivity index (χ1n) is 7.21. The van der Waals surface area contributed by atoms with Crippen molar-refractivity contribution in [1.82, 2.24) is 5.32 Å². The van der Waals surface area contributed by atoms with Crippen LogP contribution in [-0.4, -0.2) is 29.6 Å². The third kappa shape index (κ3) is 5.67. The van der Waals surface area contributed by atoms with Crippen molar-refractivity contribution in [2.45, 2.75) is 52.0 Å². The van der Waals surface area contributed by atoms with E-state index in [9.17, 15) is 9.59 Å². The van der Waals surface area contributed by atoms with Crippen molar-refractivity contribution in [3.63, 3.8) is 0 Å². The largest absolute Gasteiger partial charge is 0.481 e. The fourth-order valence-electron chi connectivity index (χ4n) is 2.49. The zero-order valence-electron chi connectivity index (χ0n) is 12.3. The Kier molecular flexibility index (Phi) is 8.81. The lowest BCUT2D eigenvalue weighted by Crippen LogP contribution is -2.46. The molecule has 0 aromatic carbocycles. The van der Waals surface area contributed by atoms with E-state index in [0.29, 0.717) is 25.3 Å². The average molecular weight is 307 g/mol. The van der Waals surface area contributed by atoms with E-state index >= 15 is 0 Å². The fraction of sp³-hybridized carbons (Fsp3) is 0.857. The molecule has 1 fully saturated rings. The molecule has 0 aliphatic heterocycles.